The first-order valence-electron chi connectivity index (χ1n) is 6.94. The minimum Gasteiger partial charge on any atom is -0.343 e. The van der Waals surface area contributed by atoms with Crippen molar-refractivity contribution in [2.75, 3.05) is 26.2 Å². The lowest BCUT2D eigenvalue weighted by Gasteiger charge is -2.29. The van der Waals surface area contributed by atoms with Gasteiger partial charge in [-0.15, -0.1) is 0 Å². The Kier molecular flexibility index (Phi) is 6.72. The Balaban J connectivity index is 2.27. The van der Waals surface area contributed by atoms with Crippen LogP contribution in [0.3, 0.4) is 0 Å². The van der Waals surface area contributed by atoms with Gasteiger partial charge in [-0.25, -0.2) is 0 Å². The van der Waals surface area contributed by atoms with Crippen LogP contribution in [0, 0.1) is 0 Å². The monoisotopic (exact) mass is 255 g/mol. The summed E-state index contributed by atoms with van der Waals surface area (Å²) >= 11 is 0. The van der Waals surface area contributed by atoms with Crippen molar-refractivity contribution in [1.82, 2.24) is 15.5 Å². The average Bonchev–Trinajstić information content (AvgIpc) is 2.39. The third-order valence-corrected chi connectivity index (χ3v) is 3.13. The first-order valence-corrected chi connectivity index (χ1v) is 6.94. The number of piperidine rings is 1. The van der Waals surface area contributed by atoms with E-state index in [1.54, 1.807) is 6.92 Å². The summed E-state index contributed by atoms with van der Waals surface area (Å²) in [5, 5.41) is 5.76. The third-order valence-electron chi connectivity index (χ3n) is 3.13. The summed E-state index contributed by atoms with van der Waals surface area (Å²) < 4.78 is 0. The molecule has 0 saturated carbocycles. The number of carbonyl (C=O) groups is 2. The van der Waals surface area contributed by atoms with Crippen molar-refractivity contribution >= 4 is 11.8 Å². The maximum absolute atomic E-state index is 12.1. The van der Waals surface area contributed by atoms with Crippen LogP contribution in [0.1, 0.15) is 39.5 Å². The first kappa shape index (κ1) is 15.0. The van der Waals surface area contributed by atoms with Gasteiger partial charge in [0.25, 0.3) is 0 Å². The molecule has 0 aromatic rings. The molecule has 18 heavy (non-hydrogen) atoms. The summed E-state index contributed by atoms with van der Waals surface area (Å²) in [4.78, 5) is 25.5. The molecule has 1 fully saturated rings. The number of hydrogen-bond donors (Lipinski definition) is 2. The fourth-order valence-corrected chi connectivity index (χ4v) is 2.12. The largest absolute Gasteiger partial charge is 0.343 e. The maximum Gasteiger partial charge on any atom is 0.244 e. The van der Waals surface area contributed by atoms with Crippen LogP contribution >= 0.6 is 0 Å². The molecule has 2 N–H and O–H groups in total. The Morgan fingerprint density at radius 2 is 1.89 bits per heavy atom. The molecule has 1 aliphatic rings. The van der Waals surface area contributed by atoms with Crippen molar-refractivity contribution in [1.29, 1.82) is 0 Å². The van der Waals surface area contributed by atoms with Crippen molar-refractivity contribution in [3.63, 3.8) is 0 Å². The number of amides is 2. The van der Waals surface area contributed by atoms with E-state index in [2.05, 4.69) is 10.6 Å². The number of hydrogen-bond acceptors (Lipinski definition) is 3. The van der Waals surface area contributed by atoms with Gasteiger partial charge in [-0.1, -0.05) is 6.92 Å². The van der Waals surface area contributed by atoms with Crippen LogP contribution in [0.25, 0.3) is 0 Å². The van der Waals surface area contributed by atoms with Crippen molar-refractivity contribution in [2.24, 2.45) is 0 Å². The molecular weight excluding hydrogens is 230 g/mol. The zero-order chi connectivity index (χ0) is 13.4. The molecule has 0 aromatic carbocycles. The normalized spacial score (nSPS) is 17.3. The van der Waals surface area contributed by atoms with Crippen LogP contribution in [0.4, 0.5) is 0 Å². The van der Waals surface area contributed by atoms with Gasteiger partial charge in [-0.2, -0.15) is 0 Å². The Hall–Kier alpha value is -1.10. The Bertz CT molecular complexity index is 275. The molecule has 0 bridgehead atoms. The van der Waals surface area contributed by atoms with Crippen molar-refractivity contribution in [3.8, 4) is 0 Å². The van der Waals surface area contributed by atoms with Crippen molar-refractivity contribution in [3.05, 3.63) is 0 Å². The number of rotatable bonds is 6. The van der Waals surface area contributed by atoms with E-state index in [1.807, 2.05) is 11.8 Å². The van der Waals surface area contributed by atoms with E-state index in [-0.39, 0.29) is 18.4 Å². The second kappa shape index (κ2) is 8.08. The van der Waals surface area contributed by atoms with E-state index in [0.29, 0.717) is 0 Å². The minimum atomic E-state index is -0.418. The Morgan fingerprint density at radius 3 is 2.50 bits per heavy atom. The molecule has 5 heteroatoms. The average molecular weight is 255 g/mol. The molecule has 0 radical (unpaired) electrons. The quantitative estimate of drug-likeness (QED) is 0.680. The number of likely N-dealkylation sites (tertiary alicyclic amines) is 1. The lowest BCUT2D eigenvalue weighted by atomic mass is 10.1. The predicted molar refractivity (Wildman–Crippen MR) is 71.2 cm³/mol. The molecule has 1 heterocycles. The molecule has 2 amide bonds. The zero-order valence-electron chi connectivity index (χ0n) is 11.5. The fourth-order valence-electron chi connectivity index (χ4n) is 2.12. The van der Waals surface area contributed by atoms with Crippen LogP contribution < -0.4 is 10.6 Å². The van der Waals surface area contributed by atoms with Crippen molar-refractivity contribution in [2.45, 2.75) is 45.6 Å². The number of nitrogens with zero attached hydrogens (tertiary/aromatic N) is 1. The van der Waals surface area contributed by atoms with E-state index in [0.717, 1.165) is 38.9 Å². The fraction of sp³-hybridized carbons (Fsp3) is 0.846. The lowest BCUT2D eigenvalue weighted by Crippen LogP contribution is -2.50. The minimum absolute atomic E-state index is 0.0403. The van der Waals surface area contributed by atoms with Crippen LogP contribution in [-0.2, 0) is 9.59 Å². The second-order valence-electron chi connectivity index (χ2n) is 4.85. The molecule has 0 aliphatic carbocycles. The molecule has 1 saturated heterocycles. The molecular formula is C13H25N3O2. The second-order valence-corrected chi connectivity index (χ2v) is 4.85. The standard InChI is InChI=1S/C13H25N3O2/c1-3-7-14-10-12(17)15-11(2)13(18)16-8-5-4-6-9-16/h11,14H,3-10H2,1-2H3,(H,15,17). The van der Waals surface area contributed by atoms with E-state index < -0.39 is 6.04 Å². The van der Waals surface area contributed by atoms with Gasteiger partial charge < -0.3 is 15.5 Å². The predicted octanol–water partition coefficient (Wildman–Crippen LogP) is 0.503. The SMILES string of the molecule is CCCNCC(=O)NC(C)C(=O)N1CCCCC1. The van der Waals surface area contributed by atoms with Gasteiger partial charge in [0.05, 0.1) is 6.54 Å². The molecule has 5 nitrogen and oxygen atoms in total. The smallest absolute Gasteiger partial charge is 0.244 e. The van der Waals surface area contributed by atoms with E-state index in [1.165, 1.54) is 6.42 Å². The maximum atomic E-state index is 12.1. The van der Waals surface area contributed by atoms with E-state index >= 15 is 0 Å². The summed E-state index contributed by atoms with van der Waals surface area (Å²) in [5.74, 6) is -0.0696. The van der Waals surface area contributed by atoms with Gasteiger partial charge in [0.2, 0.25) is 11.8 Å². The molecule has 1 atom stereocenters. The summed E-state index contributed by atoms with van der Waals surface area (Å²) in [5.41, 5.74) is 0. The van der Waals surface area contributed by atoms with Gasteiger partial charge >= 0.3 is 0 Å². The number of nitrogens with one attached hydrogen (secondary N) is 2. The molecule has 1 rings (SSSR count). The highest BCUT2D eigenvalue weighted by Gasteiger charge is 2.22. The highest BCUT2D eigenvalue weighted by molar-refractivity contribution is 5.88. The third kappa shape index (κ3) is 5.04. The van der Waals surface area contributed by atoms with Gasteiger partial charge in [0.1, 0.15) is 6.04 Å². The summed E-state index contributed by atoms with van der Waals surface area (Å²) in [6.07, 6.45) is 4.34. The highest BCUT2D eigenvalue weighted by Crippen LogP contribution is 2.09. The van der Waals surface area contributed by atoms with E-state index in [4.69, 9.17) is 0 Å². The number of carbonyl (C=O) groups excluding carboxylic acids is 2. The Morgan fingerprint density at radius 1 is 1.22 bits per heavy atom. The van der Waals surface area contributed by atoms with E-state index in [9.17, 15) is 9.59 Å². The molecule has 1 aliphatic heterocycles. The molecule has 104 valence electrons. The summed E-state index contributed by atoms with van der Waals surface area (Å²) in [6, 6.07) is -0.418. The summed E-state index contributed by atoms with van der Waals surface area (Å²) in [6.45, 7) is 6.57. The van der Waals surface area contributed by atoms with Gasteiger partial charge in [0.15, 0.2) is 0 Å². The van der Waals surface area contributed by atoms with Crippen LogP contribution in [0.15, 0.2) is 0 Å². The van der Waals surface area contributed by atoms with Crippen LogP contribution in [-0.4, -0.2) is 48.9 Å². The highest BCUT2D eigenvalue weighted by atomic mass is 16.2. The topological polar surface area (TPSA) is 61.4 Å². The van der Waals surface area contributed by atoms with Crippen molar-refractivity contribution < 1.29 is 9.59 Å². The van der Waals surface area contributed by atoms with Gasteiger partial charge in [0, 0.05) is 13.1 Å². The zero-order valence-corrected chi connectivity index (χ0v) is 11.5. The molecule has 0 spiro atoms. The first-order chi connectivity index (χ1) is 8.65. The van der Waals surface area contributed by atoms with Gasteiger partial charge in [-0.3, -0.25) is 9.59 Å². The Labute approximate surface area is 109 Å². The lowest BCUT2D eigenvalue weighted by molar-refractivity contribution is -0.136. The summed E-state index contributed by atoms with van der Waals surface area (Å²) in [7, 11) is 0. The van der Waals surface area contributed by atoms with Crippen LogP contribution in [0.2, 0.25) is 0 Å². The molecule has 1 unspecified atom stereocenters. The molecule has 0 aromatic heterocycles. The van der Waals surface area contributed by atoms with Gasteiger partial charge in [-0.05, 0) is 39.2 Å². The van der Waals surface area contributed by atoms with Crippen LogP contribution in [0.5, 0.6) is 0 Å².